The van der Waals surface area contributed by atoms with E-state index in [4.69, 9.17) is 14.5 Å². The van der Waals surface area contributed by atoms with Gasteiger partial charge in [-0.05, 0) is 65.2 Å². The van der Waals surface area contributed by atoms with Gasteiger partial charge in [-0.3, -0.25) is 4.79 Å². The van der Waals surface area contributed by atoms with Crippen LogP contribution in [0.1, 0.15) is 44.5 Å². The first-order valence-corrected chi connectivity index (χ1v) is 11.2. The molecule has 0 bridgehead atoms. The van der Waals surface area contributed by atoms with Gasteiger partial charge in [-0.15, -0.1) is 0 Å². The van der Waals surface area contributed by atoms with E-state index in [9.17, 15) is 4.79 Å². The van der Waals surface area contributed by atoms with E-state index >= 15 is 0 Å². The van der Waals surface area contributed by atoms with Crippen molar-refractivity contribution in [1.29, 1.82) is 0 Å². The van der Waals surface area contributed by atoms with Crippen LogP contribution >= 0.6 is 31.9 Å². The lowest BCUT2D eigenvalue weighted by Gasteiger charge is -2.14. The number of aromatic nitrogens is 2. The molecule has 0 radical (unpaired) electrons. The molecule has 3 aromatic rings. The minimum absolute atomic E-state index is 0.0736. The predicted molar refractivity (Wildman–Crippen MR) is 127 cm³/mol. The molecule has 1 atom stereocenters. The smallest absolute Gasteiger partial charge is 0.282 e. The Kier molecular flexibility index (Phi) is 7.31. The van der Waals surface area contributed by atoms with E-state index in [1.807, 2.05) is 38.1 Å². The highest BCUT2D eigenvalue weighted by molar-refractivity contribution is 9.10. The Morgan fingerprint density at radius 1 is 1.23 bits per heavy atom. The van der Waals surface area contributed by atoms with E-state index in [0.29, 0.717) is 34.8 Å². The first-order chi connectivity index (χ1) is 14.4. The van der Waals surface area contributed by atoms with Gasteiger partial charge in [0.05, 0.1) is 35.3 Å². The minimum atomic E-state index is -0.204. The number of hydrogen-bond donors (Lipinski definition) is 0. The van der Waals surface area contributed by atoms with Crippen molar-refractivity contribution >= 4 is 49.0 Å². The molecule has 1 aromatic heterocycles. The maximum absolute atomic E-state index is 13.2. The molecule has 3 rings (SSSR count). The largest absolute Gasteiger partial charge is 0.493 e. The summed E-state index contributed by atoms with van der Waals surface area (Å²) >= 11 is 6.94. The van der Waals surface area contributed by atoms with Gasteiger partial charge < -0.3 is 9.47 Å². The van der Waals surface area contributed by atoms with Crippen LogP contribution in [0, 0.1) is 0 Å². The maximum atomic E-state index is 13.2. The molecule has 6 nitrogen and oxygen atoms in total. The fourth-order valence-electron chi connectivity index (χ4n) is 3.00. The average molecular weight is 537 g/mol. The SMILES string of the molecule is CCOc1c(Br)cc(C=Nn2c([C@@H](C)CC)nc3ccc(Br)cc3c2=O)cc1OC. The summed E-state index contributed by atoms with van der Waals surface area (Å²) in [6, 6.07) is 9.18. The molecule has 158 valence electrons. The van der Waals surface area contributed by atoms with Crippen molar-refractivity contribution in [2.24, 2.45) is 5.10 Å². The molecule has 0 saturated carbocycles. The lowest BCUT2D eigenvalue weighted by atomic mass is 10.1. The Bertz CT molecular complexity index is 1160. The normalized spacial score (nSPS) is 12.5. The van der Waals surface area contributed by atoms with Gasteiger partial charge in [0.2, 0.25) is 0 Å². The molecule has 0 aliphatic rings. The zero-order valence-electron chi connectivity index (χ0n) is 17.3. The maximum Gasteiger partial charge on any atom is 0.282 e. The number of benzene rings is 2. The van der Waals surface area contributed by atoms with Crippen molar-refractivity contribution in [3.63, 3.8) is 0 Å². The predicted octanol–water partition coefficient (Wildman–Crippen LogP) is 5.72. The highest BCUT2D eigenvalue weighted by atomic mass is 79.9. The van der Waals surface area contributed by atoms with Crippen LogP contribution in [0.3, 0.4) is 0 Å². The summed E-state index contributed by atoms with van der Waals surface area (Å²) in [5.41, 5.74) is 1.22. The fourth-order valence-corrected chi connectivity index (χ4v) is 3.94. The van der Waals surface area contributed by atoms with Gasteiger partial charge in [-0.25, -0.2) is 4.98 Å². The first-order valence-electron chi connectivity index (χ1n) is 9.66. The van der Waals surface area contributed by atoms with Crippen molar-refractivity contribution < 1.29 is 9.47 Å². The average Bonchev–Trinajstić information content (AvgIpc) is 2.74. The molecule has 30 heavy (non-hydrogen) atoms. The molecule has 0 saturated heterocycles. The molecule has 0 unspecified atom stereocenters. The summed E-state index contributed by atoms with van der Waals surface area (Å²) in [6.07, 6.45) is 2.47. The van der Waals surface area contributed by atoms with E-state index in [2.05, 4.69) is 43.9 Å². The van der Waals surface area contributed by atoms with E-state index in [1.54, 1.807) is 19.4 Å². The third kappa shape index (κ3) is 4.59. The van der Waals surface area contributed by atoms with Crippen LogP contribution in [-0.2, 0) is 0 Å². The molecule has 1 heterocycles. The van der Waals surface area contributed by atoms with Gasteiger partial charge in [-0.2, -0.15) is 9.78 Å². The Hall–Kier alpha value is -2.19. The molecule has 8 heteroatoms. The van der Waals surface area contributed by atoms with Crippen LogP contribution < -0.4 is 15.0 Å². The van der Waals surface area contributed by atoms with E-state index < -0.39 is 0 Å². The van der Waals surface area contributed by atoms with Crippen LogP contribution in [0.5, 0.6) is 11.5 Å². The van der Waals surface area contributed by atoms with Crippen LogP contribution in [0.25, 0.3) is 10.9 Å². The monoisotopic (exact) mass is 535 g/mol. The van der Waals surface area contributed by atoms with Crippen molar-refractivity contribution in [3.8, 4) is 11.5 Å². The molecule has 0 spiro atoms. The van der Waals surface area contributed by atoms with Gasteiger partial charge in [0.1, 0.15) is 5.82 Å². The number of rotatable bonds is 7. The minimum Gasteiger partial charge on any atom is -0.493 e. The zero-order valence-corrected chi connectivity index (χ0v) is 20.4. The first kappa shape index (κ1) is 22.5. The summed E-state index contributed by atoms with van der Waals surface area (Å²) in [6.45, 7) is 6.53. The molecular weight excluding hydrogens is 514 g/mol. The van der Waals surface area contributed by atoms with E-state index in [-0.39, 0.29) is 11.5 Å². The second kappa shape index (κ2) is 9.75. The summed E-state index contributed by atoms with van der Waals surface area (Å²) in [7, 11) is 1.59. The van der Waals surface area contributed by atoms with Crippen LogP contribution in [0.4, 0.5) is 0 Å². The lowest BCUT2D eigenvalue weighted by molar-refractivity contribution is 0.309. The third-order valence-corrected chi connectivity index (χ3v) is 5.83. The molecule has 0 N–H and O–H groups in total. The highest BCUT2D eigenvalue weighted by Crippen LogP contribution is 2.36. The van der Waals surface area contributed by atoms with Crippen molar-refractivity contribution in [2.45, 2.75) is 33.1 Å². The van der Waals surface area contributed by atoms with Crippen LogP contribution in [0.15, 0.2) is 49.2 Å². The van der Waals surface area contributed by atoms with Crippen molar-refractivity contribution in [2.75, 3.05) is 13.7 Å². The van der Waals surface area contributed by atoms with Crippen LogP contribution in [0.2, 0.25) is 0 Å². The molecule has 0 amide bonds. The number of nitrogens with zero attached hydrogens (tertiary/aromatic N) is 3. The second-order valence-electron chi connectivity index (χ2n) is 6.77. The van der Waals surface area contributed by atoms with Gasteiger partial charge in [0.25, 0.3) is 5.56 Å². The number of methoxy groups -OCH3 is 1. The molecule has 0 aliphatic carbocycles. The Balaban J connectivity index is 2.15. The lowest BCUT2D eigenvalue weighted by Crippen LogP contribution is -2.23. The standard InChI is InChI=1S/C22H23Br2N3O3/c1-5-13(3)21-26-18-8-7-15(23)11-16(18)22(28)27(21)25-12-14-9-17(24)20(30-6-2)19(10-14)29-4/h7-13H,5-6H2,1-4H3/t13-/m0/s1. The Morgan fingerprint density at radius 3 is 2.67 bits per heavy atom. The number of fused-ring (bicyclic) bond motifs is 1. The number of halogens is 2. The van der Waals surface area contributed by atoms with Crippen molar-refractivity contribution in [3.05, 3.63) is 61.0 Å². The van der Waals surface area contributed by atoms with Gasteiger partial charge in [0.15, 0.2) is 11.5 Å². The van der Waals surface area contributed by atoms with Crippen LogP contribution in [-0.4, -0.2) is 29.6 Å². The molecule has 0 fully saturated rings. The number of hydrogen-bond acceptors (Lipinski definition) is 5. The van der Waals surface area contributed by atoms with Gasteiger partial charge >= 0.3 is 0 Å². The second-order valence-corrected chi connectivity index (χ2v) is 8.54. The quantitative estimate of drug-likeness (QED) is 0.362. The topological polar surface area (TPSA) is 65.7 Å². The molecular formula is C22H23Br2N3O3. The third-order valence-electron chi connectivity index (χ3n) is 4.75. The summed E-state index contributed by atoms with van der Waals surface area (Å²) < 4.78 is 14.0. The summed E-state index contributed by atoms with van der Waals surface area (Å²) in [5.74, 6) is 1.92. The van der Waals surface area contributed by atoms with Crippen molar-refractivity contribution in [1.82, 2.24) is 9.66 Å². The number of ether oxygens (including phenoxy) is 2. The summed E-state index contributed by atoms with van der Waals surface area (Å²) in [4.78, 5) is 17.9. The molecule has 0 aliphatic heterocycles. The van der Waals surface area contributed by atoms with E-state index in [1.165, 1.54) is 4.68 Å². The Morgan fingerprint density at radius 2 is 2.00 bits per heavy atom. The fraction of sp³-hybridized carbons (Fsp3) is 0.318. The van der Waals surface area contributed by atoms with Gasteiger partial charge in [-0.1, -0.05) is 29.8 Å². The van der Waals surface area contributed by atoms with Gasteiger partial charge in [0, 0.05) is 10.4 Å². The summed E-state index contributed by atoms with van der Waals surface area (Å²) in [5, 5.41) is 5.01. The zero-order chi connectivity index (χ0) is 21.8. The molecule has 2 aromatic carbocycles. The highest BCUT2D eigenvalue weighted by Gasteiger charge is 2.16. The Labute approximate surface area is 192 Å². The van der Waals surface area contributed by atoms with E-state index in [0.717, 1.165) is 20.9 Å².